The molecule has 1 saturated heterocycles. The fourth-order valence-corrected chi connectivity index (χ4v) is 3.53. The number of ether oxygens (including phenoxy) is 1. The molecule has 0 radical (unpaired) electrons. The molecule has 0 saturated carbocycles. The molecule has 0 spiro atoms. The number of hydrogen-bond acceptors (Lipinski definition) is 4. The molecule has 5 nitrogen and oxygen atoms in total. The second-order valence-corrected chi connectivity index (χ2v) is 7.04. The Labute approximate surface area is 121 Å². The van der Waals surface area contributed by atoms with Gasteiger partial charge in [-0.15, -0.1) is 0 Å². The van der Waals surface area contributed by atoms with Crippen molar-refractivity contribution in [3.63, 3.8) is 0 Å². The van der Waals surface area contributed by atoms with Crippen molar-refractivity contribution in [1.82, 2.24) is 4.72 Å². The Hall–Kier alpha value is -1.11. The van der Waals surface area contributed by atoms with Gasteiger partial charge in [-0.25, -0.2) is 13.1 Å². The minimum Gasteiger partial charge on any atom is -0.380 e. The summed E-state index contributed by atoms with van der Waals surface area (Å²) in [6.07, 6.45) is 0.575. The Balaban J connectivity index is 2.07. The number of nitrogens with one attached hydrogen (secondary N) is 1. The lowest BCUT2D eigenvalue weighted by Crippen LogP contribution is -2.34. The minimum absolute atomic E-state index is 0.297. The van der Waals surface area contributed by atoms with Crippen LogP contribution in [-0.2, 0) is 21.3 Å². The Morgan fingerprint density at radius 1 is 1.40 bits per heavy atom. The molecule has 1 unspecified atom stereocenters. The first kappa shape index (κ1) is 15.3. The van der Waals surface area contributed by atoms with Gasteiger partial charge in [-0.3, -0.25) is 0 Å². The van der Waals surface area contributed by atoms with Gasteiger partial charge in [-0.1, -0.05) is 18.2 Å². The fourth-order valence-electron chi connectivity index (χ4n) is 2.26. The highest BCUT2D eigenvalue weighted by Crippen LogP contribution is 2.20. The number of nitrogens with zero attached hydrogens (tertiary/aromatic N) is 1. The second-order valence-electron chi connectivity index (χ2n) is 4.99. The number of sulfonamides is 1. The lowest BCUT2D eigenvalue weighted by Gasteiger charge is -2.21. The molecule has 0 aliphatic carbocycles. The fraction of sp³-hybridized carbons (Fsp3) is 0.571. The highest BCUT2D eigenvalue weighted by Gasteiger charge is 2.29. The van der Waals surface area contributed by atoms with Gasteiger partial charge in [0.1, 0.15) is 5.25 Å². The van der Waals surface area contributed by atoms with Crippen LogP contribution < -0.4 is 9.62 Å². The third-order valence-corrected chi connectivity index (χ3v) is 5.46. The minimum atomic E-state index is -3.30. The molecule has 2 rings (SSSR count). The Kier molecular flexibility index (Phi) is 5.01. The Bertz CT molecular complexity index is 539. The topological polar surface area (TPSA) is 58.6 Å². The molecule has 1 N–H and O–H groups in total. The van der Waals surface area contributed by atoms with Gasteiger partial charge < -0.3 is 9.64 Å². The van der Waals surface area contributed by atoms with Crippen LogP contribution in [0.3, 0.4) is 0 Å². The van der Waals surface area contributed by atoms with Gasteiger partial charge in [0.2, 0.25) is 10.0 Å². The molecule has 0 bridgehead atoms. The molecule has 1 aromatic carbocycles. The van der Waals surface area contributed by atoms with Crippen molar-refractivity contribution >= 4 is 15.7 Å². The molecule has 1 aromatic rings. The van der Waals surface area contributed by atoms with Crippen molar-refractivity contribution in [3.8, 4) is 0 Å². The van der Waals surface area contributed by atoms with E-state index in [-0.39, 0.29) is 0 Å². The summed E-state index contributed by atoms with van der Waals surface area (Å²) < 4.78 is 32.2. The van der Waals surface area contributed by atoms with Gasteiger partial charge in [0, 0.05) is 32.4 Å². The first-order chi connectivity index (χ1) is 9.54. The van der Waals surface area contributed by atoms with Crippen molar-refractivity contribution in [1.29, 1.82) is 0 Å². The van der Waals surface area contributed by atoms with Crippen LogP contribution >= 0.6 is 0 Å². The van der Waals surface area contributed by atoms with E-state index in [2.05, 4.69) is 16.5 Å². The zero-order valence-corrected chi connectivity index (χ0v) is 12.8. The van der Waals surface area contributed by atoms with Crippen LogP contribution in [0.1, 0.15) is 18.9 Å². The van der Waals surface area contributed by atoms with Crippen molar-refractivity contribution in [3.05, 3.63) is 29.8 Å². The molecule has 1 aliphatic heterocycles. The molecule has 1 aliphatic rings. The van der Waals surface area contributed by atoms with Gasteiger partial charge in [-0.2, -0.15) is 0 Å². The van der Waals surface area contributed by atoms with Gasteiger partial charge in [0.05, 0.1) is 6.61 Å². The van der Waals surface area contributed by atoms with E-state index in [9.17, 15) is 8.42 Å². The summed E-state index contributed by atoms with van der Waals surface area (Å²) in [6, 6.07) is 7.85. The Morgan fingerprint density at radius 2 is 2.15 bits per heavy atom. The average Bonchev–Trinajstić information content (AvgIpc) is 3.00. The summed E-state index contributed by atoms with van der Waals surface area (Å²) in [6.45, 7) is 4.09. The number of para-hydroxylation sites is 1. The van der Waals surface area contributed by atoms with E-state index in [1.165, 1.54) is 0 Å². The first-order valence-corrected chi connectivity index (χ1v) is 8.44. The predicted octanol–water partition coefficient (Wildman–Crippen LogP) is 1.35. The third-order valence-electron chi connectivity index (χ3n) is 3.67. The monoisotopic (exact) mass is 298 g/mol. The third kappa shape index (κ3) is 3.50. The maximum Gasteiger partial charge on any atom is 0.217 e. The Morgan fingerprint density at radius 3 is 2.80 bits per heavy atom. The van der Waals surface area contributed by atoms with Crippen LogP contribution in [0.15, 0.2) is 24.3 Å². The molecule has 1 atom stereocenters. The van der Waals surface area contributed by atoms with Gasteiger partial charge in [0.25, 0.3) is 0 Å². The summed E-state index contributed by atoms with van der Waals surface area (Å²) in [7, 11) is -1.30. The van der Waals surface area contributed by atoms with E-state index in [1.54, 1.807) is 0 Å². The smallest absolute Gasteiger partial charge is 0.217 e. The van der Waals surface area contributed by atoms with Crippen LogP contribution in [0.5, 0.6) is 0 Å². The largest absolute Gasteiger partial charge is 0.380 e. The highest BCUT2D eigenvalue weighted by molar-refractivity contribution is 7.90. The van der Waals surface area contributed by atoms with Gasteiger partial charge in [0.15, 0.2) is 0 Å². The van der Waals surface area contributed by atoms with E-state index >= 15 is 0 Å². The van der Waals surface area contributed by atoms with E-state index in [1.807, 2.05) is 31.3 Å². The normalized spacial score (nSPS) is 19.2. The lowest BCUT2D eigenvalue weighted by molar-refractivity contribution is 0.198. The van der Waals surface area contributed by atoms with Crippen LogP contribution in [-0.4, -0.2) is 40.5 Å². The summed E-state index contributed by atoms with van der Waals surface area (Å²) in [5.41, 5.74) is 2.04. The second kappa shape index (κ2) is 6.56. The van der Waals surface area contributed by atoms with Crippen molar-refractivity contribution < 1.29 is 13.2 Å². The number of hydrogen-bond donors (Lipinski definition) is 1. The van der Waals surface area contributed by atoms with Crippen LogP contribution in [0, 0.1) is 0 Å². The molecular formula is C14H22N2O3S. The SMILES string of the molecule is CCN(C)c1ccccc1CNS(=O)(=O)C1CCOC1. The molecule has 20 heavy (non-hydrogen) atoms. The zero-order chi connectivity index (χ0) is 14.6. The van der Waals surface area contributed by atoms with E-state index in [0.717, 1.165) is 17.8 Å². The molecule has 1 fully saturated rings. The highest BCUT2D eigenvalue weighted by atomic mass is 32.2. The summed E-state index contributed by atoms with van der Waals surface area (Å²) in [5, 5.41) is -0.418. The zero-order valence-electron chi connectivity index (χ0n) is 12.0. The average molecular weight is 298 g/mol. The maximum atomic E-state index is 12.2. The van der Waals surface area contributed by atoms with Gasteiger partial charge >= 0.3 is 0 Å². The predicted molar refractivity (Wildman–Crippen MR) is 80.4 cm³/mol. The van der Waals surface area contributed by atoms with Gasteiger partial charge in [-0.05, 0) is 25.0 Å². The number of rotatable bonds is 6. The van der Waals surface area contributed by atoms with Crippen LogP contribution in [0.4, 0.5) is 5.69 Å². The molecular weight excluding hydrogens is 276 g/mol. The van der Waals surface area contributed by atoms with E-state index < -0.39 is 15.3 Å². The van der Waals surface area contributed by atoms with E-state index in [0.29, 0.717) is 26.2 Å². The standard InChI is InChI=1S/C14H22N2O3S/c1-3-16(2)14-7-5-4-6-12(14)10-15-20(17,18)13-8-9-19-11-13/h4-7,13,15H,3,8-11H2,1-2H3. The molecule has 112 valence electrons. The van der Waals surface area contributed by atoms with Crippen molar-refractivity contribution in [2.24, 2.45) is 0 Å². The molecule has 0 amide bonds. The quantitative estimate of drug-likeness (QED) is 0.861. The van der Waals surface area contributed by atoms with Crippen molar-refractivity contribution in [2.45, 2.75) is 25.1 Å². The molecule has 1 heterocycles. The van der Waals surface area contributed by atoms with Crippen LogP contribution in [0.25, 0.3) is 0 Å². The summed E-state index contributed by atoms with van der Waals surface area (Å²) in [4.78, 5) is 2.10. The number of anilines is 1. The molecule has 6 heteroatoms. The molecule has 0 aromatic heterocycles. The summed E-state index contributed by atoms with van der Waals surface area (Å²) >= 11 is 0. The lowest BCUT2D eigenvalue weighted by atomic mass is 10.1. The first-order valence-electron chi connectivity index (χ1n) is 6.90. The maximum absolute atomic E-state index is 12.2. The van der Waals surface area contributed by atoms with E-state index in [4.69, 9.17) is 4.74 Å². The summed E-state index contributed by atoms with van der Waals surface area (Å²) in [5.74, 6) is 0. The number of benzene rings is 1. The van der Waals surface area contributed by atoms with Crippen molar-refractivity contribution in [2.75, 3.05) is 31.7 Å². The van der Waals surface area contributed by atoms with Crippen LogP contribution in [0.2, 0.25) is 0 Å².